The molecule has 1 saturated heterocycles. The van der Waals surface area contributed by atoms with Gasteiger partial charge in [0.25, 0.3) is 5.91 Å². The smallest absolute Gasteiger partial charge is 0.326 e. The summed E-state index contributed by atoms with van der Waals surface area (Å²) in [5.74, 6) is -1.31. The zero-order valence-electron chi connectivity index (χ0n) is 12.9. The van der Waals surface area contributed by atoms with E-state index >= 15 is 0 Å². The van der Waals surface area contributed by atoms with Crippen LogP contribution in [-0.2, 0) is 4.79 Å². The normalized spacial score (nSPS) is 18.0. The van der Waals surface area contributed by atoms with Crippen molar-refractivity contribution in [1.29, 1.82) is 0 Å². The van der Waals surface area contributed by atoms with Gasteiger partial charge in [-0.15, -0.1) is 0 Å². The Morgan fingerprint density at radius 3 is 2.70 bits per heavy atom. The fourth-order valence-corrected chi connectivity index (χ4v) is 2.81. The van der Waals surface area contributed by atoms with Crippen LogP contribution in [0, 0.1) is 6.92 Å². The Balaban J connectivity index is 1.83. The van der Waals surface area contributed by atoms with Gasteiger partial charge in [0.2, 0.25) is 5.76 Å². The van der Waals surface area contributed by atoms with Crippen molar-refractivity contribution in [3.05, 3.63) is 41.7 Å². The minimum atomic E-state index is -0.976. The van der Waals surface area contributed by atoms with Crippen LogP contribution < -0.4 is 0 Å². The quantitative estimate of drug-likeness (QED) is 0.941. The number of hydrogen-bond acceptors (Lipinski definition) is 4. The van der Waals surface area contributed by atoms with Crippen molar-refractivity contribution in [2.45, 2.75) is 32.2 Å². The number of piperidine rings is 1. The molecule has 0 saturated carbocycles. The highest BCUT2D eigenvalue weighted by Gasteiger charge is 2.34. The lowest BCUT2D eigenvalue weighted by Crippen LogP contribution is -2.47. The molecule has 1 aliphatic rings. The van der Waals surface area contributed by atoms with Crippen LogP contribution in [0.4, 0.5) is 0 Å². The van der Waals surface area contributed by atoms with Gasteiger partial charge in [-0.05, 0) is 26.2 Å². The maximum Gasteiger partial charge on any atom is 0.326 e. The third-order valence-corrected chi connectivity index (χ3v) is 4.12. The average Bonchev–Trinajstić information content (AvgIpc) is 3.04. The molecule has 1 fully saturated rings. The minimum absolute atomic E-state index is 0.0775. The van der Waals surface area contributed by atoms with Gasteiger partial charge in [0.15, 0.2) is 0 Å². The summed E-state index contributed by atoms with van der Waals surface area (Å²) in [5, 5.41) is 13.2. The summed E-state index contributed by atoms with van der Waals surface area (Å²) in [6.07, 6.45) is 2.08. The molecule has 6 nitrogen and oxygen atoms in total. The van der Waals surface area contributed by atoms with Crippen LogP contribution in [-0.4, -0.2) is 39.6 Å². The first-order valence-electron chi connectivity index (χ1n) is 7.64. The second kappa shape index (κ2) is 6.24. The molecule has 1 aliphatic heterocycles. The van der Waals surface area contributed by atoms with E-state index in [1.54, 1.807) is 6.07 Å². The predicted molar refractivity (Wildman–Crippen MR) is 83.0 cm³/mol. The molecule has 3 rings (SSSR count). The van der Waals surface area contributed by atoms with Crippen LogP contribution in [0.2, 0.25) is 0 Å². The Bertz CT molecular complexity index is 720. The number of benzene rings is 1. The molecule has 0 unspecified atom stereocenters. The molecule has 0 spiro atoms. The van der Waals surface area contributed by atoms with E-state index in [4.69, 9.17) is 4.52 Å². The predicted octanol–water partition coefficient (Wildman–Crippen LogP) is 2.73. The largest absolute Gasteiger partial charge is 0.480 e. The van der Waals surface area contributed by atoms with Crippen molar-refractivity contribution in [2.24, 2.45) is 0 Å². The van der Waals surface area contributed by atoms with Gasteiger partial charge in [0.05, 0.1) is 0 Å². The Kier molecular flexibility index (Phi) is 4.14. The summed E-state index contributed by atoms with van der Waals surface area (Å²) in [5.41, 5.74) is 2.55. The number of hydrogen-bond donors (Lipinski definition) is 1. The standard InChI is InChI=1S/C17H18N2O4/c1-11-5-7-12(8-6-11)13-10-15(23-18-13)16(20)19-9-3-2-4-14(19)17(21)22/h5-8,10,14H,2-4,9H2,1H3,(H,21,22)/t14-/m1/s1. The summed E-state index contributed by atoms with van der Waals surface area (Å²) in [6, 6.07) is 8.50. The van der Waals surface area contributed by atoms with Crippen LogP contribution in [0.25, 0.3) is 11.3 Å². The fourth-order valence-electron chi connectivity index (χ4n) is 2.81. The average molecular weight is 314 g/mol. The number of carboxylic acid groups (broad SMARTS) is 1. The third kappa shape index (κ3) is 3.11. The molecule has 0 radical (unpaired) electrons. The molecule has 23 heavy (non-hydrogen) atoms. The Morgan fingerprint density at radius 1 is 1.26 bits per heavy atom. The summed E-state index contributed by atoms with van der Waals surface area (Å²) in [6.45, 7) is 2.42. The van der Waals surface area contributed by atoms with E-state index in [0.717, 1.165) is 24.0 Å². The first-order chi connectivity index (χ1) is 11.1. The lowest BCUT2D eigenvalue weighted by Gasteiger charge is -2.31. The van der Waals surface area contributed by atoms with Gasteiger partial charge in [0.1, 0.15) is 11.7 Å². The van der Waals surface area contributed by atoms with Crippen molar-refractivity contribution in [3.63, 3.8) is 0 Å². The summed E-state index contributed by atoms with van der Waals surface area (Å²) >= 11 is 0. The monoisotopic (exact) mass is 314 g/mol. The van der Waals surface area contributed by atoms with Gasteiger partial charge < -0.3 is 14.5 Å². The number of carbonyl (C=O) groups excluding carboxylic acids is 1. The number of carbonyl (C=O) groups is 2. The second-order valence-electron chi connectivity index (χ2n) is 5.79. The summed E-state index contributed by atoms with van der Waals surface area (Å²) in [7, 11) is 0. The van der Waals surface area contributed by atoms with Crippen LogP contribution >= 0.6 is 0 Å². The SMILES string of the molecule is Cc1ccc(-c2cc(C(=O)N3CCCC[C@@H]3C(=O)O)on2)cc1. The number of carboxylic acids is 1. The Hall–Kier alpha value is -2.63. The molecule has 1 aromatic heterocycles. The molecule has 1 aromatic carbocycles. The van der Waals surface area contributed by atoms with Crippen molar-refractivity contribution < 1.29 is 19.2 Å². The summed E-state index contributed by atoms with van der Waals surface area (Å²) in [4.78, 5) is 25.2. The van der Waals surface area contributed by atoms with E-state index in [2.05, 4.69) is 5.16 Å². The zero-order chi connectivity index (χ0) is 16.4. The number of aromatic nitrogens is 1. The molecule has 1 atom stereocenters. The molecule has 2 heterocycles. The van der Waals surface area contributed by atoms with Gasteiger partial charge >= 0.3 is 5.97 Å². The number of aliphatic carboxylic acids is 1. The fraction of sp³-hybridized carbons (Fsp3) is 0.353. The van der Waals surface area contributed by atoms with Crippen LogP contribution in [0.3, 0.4) is 0 Å². The van der Waals surface area contributed by atoms with Gasteiger partial charge in [-0.25, -0.2) is 4.79 Å². The second-order valence-corrected chi connectivity index (χ2v) is 5.79. The number of rotatable bonds is 3. The van der Waals surface area contributed by atoms with E-state index < -0.39 is 17.9 Å². The molecule has 1 amide bonds. The van der Waals surface area contributed by atoms with E-state index in [0.29, 0.717) is 18.7 Å². The lowest BCUT2D eigenvalue weighted by atomic mass is 10.0. The molecule has 0 bridgehead atoms. The highest BCUT2D eigenvalue weighted by molar-refractivity contribution is 5.95. The topological polar surface area (TPSA) is 83.6 Å². The molecule has 1 N–H and O–H groups in total. The number of nitrogens with zero attached hydrogens (tertiary/aromatic N) is 2. The number of aryl methyl sites for hydroxylation is 1. The van der Waals surface area contributed by atoms with E-state index in [1.807, 2.05) is 31.2 Å². The van der Waals surface area contributed by atoms with Gasteiger partial charge in [0, 0.05) is 18.2 Å². The van der Waals surface area contributed by atoms with Crippen molar-refractivity contribution in [3.8, 4) is 11.3 Å². The number of likely N-dealkylation sites (tertiary alicyclic amines) is 1. The van der Waals surface area contributed by atoms with Crippen LogP contribution in [0.15, 0.2) is 34.9 Å². The first kappa shape index (κ1) is 15.3. The molecular weight excluding hydrogens is 296 g/mol. The maximum atomic E-state index is 12.5. The lowest BCUT2D eigenvalue weighted by molar-refractivity contribution is -0.143. The van der Waals surface area contributed by atoms with Gasteiger partial charge in [-0.1, -0.05) is 35.0 Å². The first-order valence-corrected chi connectivity index (χ1v) is 7.64. The van der Waals surface area contributed by atoms with Gasteiger partial charge in [-0.2, -0.15) is 0 Å². The van der Waals surface area contributed by atoms with E-state index in [-0.39, 0.29) is 5.76 Å². The van der Waals surface area contributed by atoms with Gasteiger partial charge in [-0.3, -0.25) is 4.79 Å². The van der Waals surface area contributed by atoms with Crippen LogP contribution in [0.1, 0.15) is 35.4 Å². The maximum absolute atomic E-state index is 12.5. The van der Waals surface area contributed by atoms with Crippen molar-refractivity contribution in [2.75, 3.05) is 6.54 Å². The number of amides is 1. The van der Waals surface area contributed by atoms with Crippen LogP contribution in [0.5, 0.6) is 0 Å². The zero-order valence-corrected chi connectivity index (χ0v) is 12.9. The van der Waals surface area contributed by atoms with Crippen molar-refractivity contribution >= 4 is 11.9 Å². The minimum Gasteiger partial charge on any atom is -0.480 e. The highest BCUT2D eigenvalue weighted by atomic mass is 16.5. The summed E-state index contributed by atoms with van der Waals surface area (Å²) < 4.78 is 5.16. The third-order valence-electron chi connectivity index (χ3n) is 4.12. The Morgan fingerprint density at radius 2 is 2.00 bits per heavy atom. The van der Waals surface area contributed by atoms with E-state index in [9.17, 15) is 14.7 Å². The molecule has 6 heteroatoms. The molecule has 0 aliphatic carbocycles. The molecule has 2 aromatic rings. The molecule has 120 valence electrons. The highest BCUT2D eigenvalue weighted by Crippen LogP contribution is 2.23. The van der Waals surface area contributed by atoms with E-state index in [1.165, 1.54) is 4.90 Å². The van der Waals surface area contributed by atoms with Crippen molar-refractivity contribution in [1.82, 2.24) is 10.1 Å². The Labute approximate surface area is 133 Å². The molecular formula is C17H18N2O4.